The molecule has 1 amide bonds. The van der Waals surface area contributed by atoms with Gasteiger partial charge >= 0.3 is 0 Å². The van der Waals surface area contributed by atoms with Crippen molar-refractivity contribution in [1.82, 2.24) is 10.5 Å². The maximum absolute atomic E-state index is 12.3. The fraction of sp³-hybridized carbons (Fsp3) is 0.750. The van der Waals surface area contributed by atoms with Crippen molar-refractivity contribution in [2.75, 3.05) is 24.7 Å². The third-order valence-corrected chi connectivity index (χ3v) is 6.55. The SMILES string of the molecule is Cc1cc(C[C@@H]2COC[C@@H]2NC(=O)CC2CCS(=O)(=O)CC2)on1. The van der Waals surface area contributed by atoms with E-state index in [1.807, 2.05) is 13.0 Å². The van der Waals surface area contributed by atoms with E-state index < -0.39 is 9.84 Å². The van der Waals surface area contributed by atoms with E-state index >= 15 is 0 Å². The molecule has 134 valence electrons. The first kappa shape index (κ1) is 17.4. The molecule has 24 heavy (non-hydrogen) atoms. The fourth-order valence-electron chi connectivity index (χ4n) is 3.40. The van der Waals surface area contributed by atoms with E-state index in [-0.39, 0.29) is 35.3 Å². The van der Waals surface area contributed by atoms with Crippen LogP contribution in [0.15, 0.2) is 10.6 Å². The predicted molar refractivity (Wildman–Crippen MR) is 87.2 cm³/mol. The Hall–Kier alpha value is -1.41. The van der Waals surface area contributed by atoms with Gasteiger partial charge in [-0.3, -0.25) is 4.79 Å². The largest absolute Gasteiger partial charge is 0.379 e. The highest BCUT2D eigenvalue weighted by Gasteiger charge is 2.32. The fourth-order valence-corrected chi connectivity index (χ4v) is 4.99. The van der Waals surface area contributed by atoms with Crippen LogP contribution in [-0.4, -0.2) is 50.2 Å². The Morgan fingerprint density at radius 1 is 1.33 bits per heavy atom. The average Bonchev–Trinajstić information content (AvgIpc) is 3.11. The van der Waals surface area contributed by atoms with Crippen molar-refractivity contribution in [1.29, 1.82) is 0 Å². The number of hydrogen-bond donors (Lipinski definition) is 1. The van der Waals surface area contributed by atoms with Crippen molar-refractivity contribution in [3.63, 3.8) is 0 Å². The van der Waals surface area contributed by atoms with Crippen LogP contribution in [-0.2, 0) is 25.8 Å². The maximum atomic E-state index is 12.3. The monoisotopic (exact) mass is 356 g/mol. The molecule has 0 unspecified atom stereocenters. The summed E-state index contributed by atoms with van der Waals surface area (Å²) in [6, 6.07) is 1.87. The number of sulfone groups is 1. The van der Waals surface area contributed by atoms with E-state index in [1.165, 1.54) is 0 Å². The molecule has 0 spiro atoms. The Balaban J connectivity index is 1.48. The molecule has 2 saturated heterocycles. The van der Waals surface area contributed by atoms with Crippen LogP contribution in [0, 0.1) is 18.8 Å². The predicted octanol–water partition coefficient (Wildman–Crippen LogP) is 0.872. The molecule has 8 heteroatoms. The second kappa shape index (κ2) is 7.23. The third-order valence-electron chi connectivity index (χ3n) is 4.83. The number of carbonyl (C=O) groups excluding carboxylic acids is 1. The molecule has 0 aliphatic carbocycles. The number of nitrogens with zero attached hydrogens (tertiary/aromatic N) is 1. The van der Waals surface area contributed by atoms with Gasteiger partial charge in [-0.1, -0.05) is 5.16 Å². The molecule has 0 bridgehead atoms. The Morgan fingerprint density at radius 3 is 2.75 bits per heavy atom. The Morgan fingerprint density at radius 2 is 2.08 bits per heavy atom. The lowest BCUT2D eigenvalue weighted by Gasteiger charge is -2.23. The van der Waals surface area contributed by atoms with E-state index in [9.17, 15) is 13.2 Å². The van der Waals surface area contributed by atoms with Crippen LogP contribution in [0.4, 0.5) is 0 Å². The summed E-state index contributed by atoms with van der Waals surface area (Å²) in [4.78, 5) is 12.3. The molecule has 3 heterocycles. The summed E-state index contributed by atoms with van der Waals surface area (Å²) in [5.74, 6) is 1.52. The molecule has 0 radical (unpaired) electrons. The van der Waals surface area contributed by atoms with Gasteiger partial charge in [-0.25, -0.2) is 8.42 Å². The highest BCUT2D eigenvalue weighted by molar-refractivity contribution is 7.91. The number of ether oxygens (including phenoxy) is 1. The van der Waals surface area contributed by atoms with E-state index in [1.54, 1.807) is 0 Å². The lowest BCUT2D eigenvalue weighted by Crippen LogP contribution is -2.41. The van der Waals surface area contributed by atoms with E-state index in [0.717, 1.165) is 11.5 Å². The molecule has 2 fully saturated rings. The molecule has 1 N–H and O–H groups in total. The average molecular weight is 356 g/mol. The summed E-state index contributed by atoms with van der Waals surface area (Å²) in [5.41, 5.74) is 0.844. The number of aromatic nitrogens is 1. The summed E-state index contributed by atoms with van der Waals surface area (Å²) in [6.45, 7) is 2.97. The smallest absolute Gasteiger partial charge is 0.220 e. The summed E-state index contributed by atoms with van der Waals surface area (Å²) in [7, 11) is -2.88. The van der Waals surface area contributed by atoms with Crippen molar-refractivity contribution in [2.45, 2.75) is 38.6 Å². The van der Waals surface area contributed by atoms with Crippen LogP contribution < -0.4 is 5.32 Å². The van der Waals surface area contributed by atoms with E-state index in [2.05, 4.69) is 10.5 Å². The molecule has 2 atom stereocenters. The van der Waals surface area contributed by atoms with Crippen LogP contribution in [0.25, 0.3) is 0 Å². The Bertz CT molecular complexity index is 670. The zero-order chi connectivity index (χ0) is 17.2. The van der Waals surface area contributed by atoms with Gasteiger partial charge in [0.05, 0.1) is 36.5 Å². The lowest BCUT2D eigenvalue weighted by atomic mass is 9.96. The topological polar surface area (TPSA) is 98.5 Å². The van der Waals surface area contributed by atoms with Gasteiger partial charge in [-0.2, -0.15) is 0 Å². The first-order valence-corrected chi connectivity index (χ1v) is 10.2. The normalized spacial score (nSPS) is 27.2. The molecular weight excluding hydrogens is 332 g/mol. The number of rotatable bonds is 5. The second-order valence-corrected chi connectivity index (χ2v) is 9.21. The summed E-state index contributed by atoms with van der Waals surface area (Å²) >= 11 is 0. The van der Waals surface area contributed by atoms with Gasteiger partial charge < -0.3 is 14.6 Å². The lowest BCUT2D eigenvalue weighted by molar-refractivity contribution is -0.123. The van der Waals surface area contributed by atoms with Crippen molar-refractivity contribution in [3.8, 4) is 0 Å². The van der Waals surface area contributed by atoms with Crippen LogP contribution in [0.5, 0.6) is 0 Å². The Kier molecular flexibility index (Phi) is 5.24. The molecule has 1 aromatic rings. The van der Waals surface area contributed by atoms with Gasteiger partial charge in [0.1, 0.15) is 15.6 Å². The standard InChI is InChI=1S/C16H24N2O5S/c1-11-6-14(23-18-11)8-13-9-22-10-15(13)17-16(19)7-12-2-4-24(20,21)5-3-12/h6,12-13,15H,2-5,7-10H2,1H3,(H,17,19)/t13-,15+/m1/s1. The minimum atomic E-state index is -2.88. The first-order chi connectivity index (χ1) is 11.4. The number of amides is 1. The van der Waals surface area contributed by atoms with Crippen molar-refractivity contribution < 1.29 is 22.5 Å². The zero-order valence-corrected chi connectivity index (χ0v) is 14.7. The molecule has 2 aliphatic heterocycles. The van der Waals surface area contributed by atoms with Gasteiger partial charge in [0.15, 0.2) is 0 Å². The van der Waals surface area contributed by atoms with Gasteiger partial charge in [0.25, 0.3) is 0 Å². The van der Waals surface area contributed by atoms with E-state index in [4.69, 9.17) is 9.26 Å². The molecule has 7 nitrogen and oxygen atoms in total. The number of aryl methyl sites for hydroxylation is 1. The number of nitrogens with one attached hydrogen (secondary N) is 1. The van der Waals surface area contributed by atoms with Crippen LogP contribution in [0.1, 0.15) is 30.7 Å². The van der Waals surface area contributed by atoms with Crippen molar-refractivity contribution >= 4 is 15.7 Å². The van der Waals surface area contributed by atoms with E-state index in [0.29, 0.717) is 38.9 Å². The number of hydrogen-bond acceptors (Lipinski definition) is 6. The van der Waals surface area contributed by atoms with Gasteiger partial charge in [0, 0.05) is 24.8 Å². The highest BCUT2D eigenvalue weighted by Crippen LogP contribution is 2.23. The molecule has 2 aliphatic rings. The summed E-state index contributed by atoms with van der Waals surface area (Å²) in [5, 5.41) is 6.93. The minimum absolute atomic E-state index is 0.0199. The van der Waals surface area contributed by atoms with Crippen LogP contribution in [0.2, 0.25) is 0 Å². The van der Waals surface area contributed by atoms with Crippen molar-refractivity contribution in [3.05, 3.63) is 17.5 Å². The third kappa shape index (κ3) is 4.57. The number of carbonyl (C=O) groups is 1. The van der Waals surface area contributed by atoms with Crippen LogP contribution >= 0.6 is 0 Å². The minimum Gasteiger partial charge on any atom is -0.379 e. The molecular formula is C16H24N2O5S. The van der Waals surface area contributed by atoms with Gasteiger partial charge in [-0.05, 0) is 25.7 Å². The maximum Gasteiger partial charge on any atom is 0.220 e. The summed E-state index contributed by atoms with van der Waals surface area (Å²) < 4.78 is 33.7. The first-order valence-electron chi connectivity index (χ1n) is 8.41. The van der Waals surface area contributed by atoms with Gasteiger partial charge in [-0.15, -0.1) is 0 Å². The molecule has 0 saturated carbocycles. The highest BCUT2D eigenvalue weighted by atomic mass is 32.2. The molecule has 3 rings (SSSR count). The van der Waals surface area contributed by atoms with Crippen molar-refractivity contribution in [2.24, 2.45) is 11.8 Å². The Labute approximate surface area is 142 Å². The zero-order valence-electron chi connectivity index (χ0n) is 13.9. The quantitative estimate of drug-likeness (QED) is 0.841. The molecule has 1 aromatic heterocycles. The van der Waals surface area contributed by atoms with Gasteiger partial charge in [0.2, 0.25) is 5.91 Å². The van der Waals surface area contributed by atoms with Crippen LogP contribution in [0.3, 0.4) is 0 Å². The summed E-state index contributed by atoms with van der Waals surface area (Å²) in [6.07, 6.45) is 2.24. The molecule has 0 aromatic carbocycles. The second-order valence-electron chi connectivity index (χ2n) is 6.91.